The molecule has 0 saturated heterocycles. The molecular formula is C22H27N3O3S. The van der Waals surface area contributed by atoms with Crippen molar-refractivity contribution in [1.29, 1.82) is 5.26 Å². The van der Waals surface area contributed by atoms with E-state index < -0.39 is 10.0 Å². The third-order valence-corrected chi connectivity index (χ3v) is 6.89. The molecule has 2 aromatic rings. The largest absolute Gasteiger partial charge is 0.350 e. The molecule has 0 heterocycles. The molecule has 7 heteroatoms. The molecule has 0 aliphatic heterocycles. The molecule has 1 atom stereocenters. The number of benzene rings is 2. The fraction of sp³-hybridized carbons (Fsp3) is 0.364. The Kier molecular flexibility index (Phi) is 7.94. The van der Waals surface area contributed by atoms with Gasteiger partial charge in [-0.1, -0.05) is 38.1 Å². The number of hydrogen-bond acceptors (Lipinski definition) is 4. The van der Waals surface area contributed by atoms with Crippen LogP contribution in [0.2, 0.25) is 0 Å². The highest BCUT2D eigenvalue weighted by atomic mass is 32.2. The van der Waals surface area contributed by atoms with Gasteiger partial charge in [0.25, 0.3) is 0 Å². The SMILES string of the molecule is CCN(CC)S(=O)(=O)c1ccc(C(C)NC(=O)CCc2ccc(C#N)cc2)cc1. The van der Waals surface area contributed by atoms with E-state index in [1.807, 2.05) is 32.9 Å². The Morgan fingerprint density at radius 1 is 1.07 bits per heavy atom. The summed E-state index contributed by atoms with van der Waals surface area (Å²) in [4.78, 5) is 12.5. The van der Waals surface area contributed by atoms with Gasteiger partial charge in [-0.2, -0.15) is 9.57 Å². The molecule has 0 aliphatic carbocycles. The topological polar surface area (TPSA) is 90.3 Å². The van der Waals surface area contributed by atoms with Gasteiger partial charge in [0.1, 0.15) is 0 Å². The molecular weight excluding hydrogens is 386 g/mol. The van der Waals surface area contributed by atoms with Crippen molar-refractivity contribution >= 4 is 15.9 Å². The van der Waals surface area contributed by atoms with Crippen molar-refractivity contribution in [2.45, 2.75) is 44.6 Å². The number of nitrogens with one attached hydrogen (secondary N) is 1. The van der Waals surface area contributed by atoms with Gasteiger partial charge in [-0.15, -0.1) is 0 Å². The quantitative estimate of drug-likeness (QED) is 0.682. The van der Waals surface area contributed by atoms with Gasteiger partial charge in [-0.25, -0.2) is 8.42 Å². The summed E-state index contributed by atoms with van der Waals surface area (Å²) in [5.74, 6) is -0.0818. The molecule has 0 fully saturated rings. The third-order valence-electron chi connectivity index (χ3n) is 4.82. The number of carbonyl (C=O) groups is 1. The van der Waals surface area contributed by atoms with Crippen LogP contribution in [0.5, 0.6) is 0 Å². The summed E-state index contributed by atoms with van der Waals surface area (Å²) in [5.41, 5.74) is 2.44. The molecule has 2 rings (SSSR count). The molecule has 154 valence electrons. The lowest BCUT2D eigenvalue weighted by Gasteiger charge is -2.19. The fourth-order valence-corrected chi connectivity index (χ4v) is 4.50. The van der Waals surface area contributed by atoms with Crippen molar-refractivity contribution in [3.63, 3.8) is 0 Å². The molecule has 0 aromatic heterocycles. The van der Waals surface area contributed by atoms with E-state index in [0.717, 1.165) is 11.1 Å². The Hall–Kier alpha value is -2.69. The minimum absolute atomic E-state index is 0.0818. The minimum atomic E-state index is -3.49. The highest BCUT2D eigenvalue weighted by Crippen LogP contribution is 2.19. The number of nitriles is 1. The number of amides is 1. The van der Waals surface area contributed by atoms with Crippen molar-refractivity contribution in [2.75, 3.05) is 13.1 Å². The fourth-order valence-electron chi connectivity index (χ4n) is 3.04. The molecule has 0 spiro atoms. The first-order valence-corrected chi connectivity index (χ1v) is 11.1. The lowest BCUT2D eigenvalue weighted by atomic mass is 10.1. The van der Waals surface area contributed by atoms with Crippen LogP contribution in [-0.2, 0) is 21.2 Å². The van der Waals surface area contributed by atoms with Crippen LogP contribution in [0.4, 0.5) is 0 Å². The monoisotopic (exact) mass is 413 g/mol. The Balaban J connectivity index is 1.95. The lowest BCUT2D eigenvalue weighted by molar-refractivity contribution is -0.121. The van der Waals surface area contributed by atoms with E-state index in [0.29, 0.717) is 31.5 Å². The maximum atomic E-state index is 12.6. The number of rotatable bonds is 9. The van der Waals surface area contributed by atoms with E-state index in [9.17, 15) is 13.2 Å². The highest BCUT2D eigenvalue weighted by Gasteiger charge is 2.21. The van der Waals surface area contributed by atoms with Crippen LogP contribution in [0.15, 0.2) is 53.4 Å². The van der Waals surface area contributed by atoms with E-state index >= 15 is 0 Å². The van der Waals surface area contributed by atoms with E-state index in [-0.39, 0.29) is 16.8 Å². The molecule has 1 N–H and O–H groups in total. The highest BCUT2D eigenvalue weighted by molar-refractivity contribution is 7.89. The van der Waals surface area contributed by atoms with Gasteiger partial charge in [0.15, 0.2) is 0 Å². The Morgan fingerprint density at radius 2 is 1.66 bits per heavy atom. The van der Waals surface area contributed by atoms with Crippen LogP contribution < -0.4 is 5.32 Å². The number of carbonyl (C=O) groups excluding carboxylic acids is 1. The standard InChI is InChI=1S/C22H27N3O3S/c1-4-25(5-2)29(27,28)21-13-11-20(12-14-21)17(3)24-22(26)15-10-18-6-8-19(16-23)9-7-18/h6-9,11-14,17H,4-5,10,15H2,1-3H3,(H,24,26). The van der Waals surface area contributed by atoms with Crippen LogP contribution in [0.1, 0.15) is 49.9 Å². The van der Waals surface area contributed by atoms with Crippen molar-refractivity contribution in [3.05, 3.63) is 65.2 Å². The van der Waals surface area contributed by atoms with Gasteiger partial charge in [-0.05, 0) is 48.7 Å². The Morgan fingerprint density at radius 3 is 2.17 bits per heavy atom. The second kappa shape index (κ2) is 10.2. The molecule has 0 bridgehead atoms. The summed E-state index contributed by atoms with van der Waals surface area (Å²) in [7, 11) is -3.49. The number of aryl methyl sites for hydroxylation is 1. The van der Waals surface area contributed by atoms with Gasteiger partial charge >= 0.3 is 0 Å². The van der Waals surface area contributed by atoms with Crippen molar-refractivity contribution in [2.24, 2.45) is 0 Å². The molecule has 2 aromatic carbocycles. The lowest BCUT2D eigenvalue weighted by Crippen LogP contribution is -2.30. The minimum Gasteiger partial charge on any atom is -0.350 e. The summed E-state index contributed by atoms with van der Waals surface area (Å²) in [6, 6.07) is 15.7. The molecule has 0 aliphatic rings. The van der Waals surface area contributed by atoms with E-state index in [2.05, 4.69) is 11.4 Å². The third kappa shape index (κ3) is 5.89. The molecule has 1 amide bonds. The zero-order valence-electron chi connectivity index (χ0n) is 17.1. The number of nitrogens with zero attached hydrogens (tertiary/aromatic N) is 2. The van der Waals surface area contributed by atoms with Crippen LogP contribution in [0, 0.1) is 11.3 Å². The first kappa shape index (κ1) is 22.6. The number of sulfonamides is 1. The summed E-state index contributed by atoms with van der Waals surface area (Å²) < 4.78 is 26.5. The predicted molar refractivity (Wildman–Crippen MR) is 113 cm³/mol. The van der Waals surface area contributed by atoms with E-state index in [1.165, 1.54) is 4.31 Å². The first-order valence-electron chi connectivity index (χ1n) is 9.70. The van der Waals surface area contributed by atoms with Crippen LogP contribution in [-0.4, -0.2) is 31.7 Å². The summed E-state index contributed by atoms with van der Waals surface area (Å²) in [5, 5.41) is 11.8. The first-order chi connectivity index (χ1) is 13.8. The van der Waals surface area contributed by atoms with Gasteiger partial charge in [0.05, 0.1) is 22.6 Å². The predicted octanol–water partition coefficient (Wildman–Crippen LogP) is 3.40. The maximum Gasteiger partial charge on any atom is 0.243 e. The van der Waals surface area contributed by atoms with Crippen LogP contribution >= 0.6 is 0 Å². The molecule has 29 heavy (non-hydrogen) atoms. The maximum absolute atomic E-state index is 12.6. The second-order valence-electron chi connectivity index (χ2n) is 6.76. The molecule has 0 radical (unpaired) electrons. The van der Waals surface area contributed by atoms with E-state index in [4.69, 9.17) is 5.26 Å². The van der Waals surface area contributed by atoms with Gasteiger partial charge in [0.2, 0.25) is 15.9 Å². The van der Waals surface area contributed by atoms with Gasteiger partial charge in [-0.3, -0.25) is 4.79 Å². The van der Waals surface area contributed by atoms with Crippen molar-refractivity contribution in [1.82, 2.24) is 9.62 Å². The second-order valence-corrected chi connectivity index (χ2v) is 8.69. The summed E-state index contributed by atoms with van der Waals surface area (Å²) in [6.45, 7) is 6.34. The van der Waals surface area contributed by atoms with Gasteiger partial charge < -0.3 is 5.32 Å². The van der Waals surface area contributed by atoms with Gasteiger partial charge in [0, 0.05) is 19.5 Å². The average Bonchev–Trinajstić information content (AvgIpc) is 2.73. The van der Waals surface area contributed by atoms with E-state index in [1.54, 1.807) is 36.4 Å². The normalized spacial score (nSPS) is 12.4. The van der Waals surface area contributed by atoms with Crippen LogP contribution in [0.3, 0.4) is 0 Å². The van der Waals surface area contributed by atoms with Crippen molar-refractivity contribution < 1.29 is 13.2 Å². The molecule has 0 saturated carbocycles. The Bertz CT molecular complexity index is 958. The summed E-state index contributed by atoms with van der Waals surface area (Å²) >= 11 is 0. The molecule has 1 unspecified atom stereocenters. The van der Waals surface area contributed by atoms with Crippen LogP contribution in [0.25, 0.3) is 0 Å². The summed E-state index contributed by atoms with van der Waals surface area (Å²) in [6.07, 6.45) is 0.927. The smallest absolute Gasteiger partial charge is 0.243 e. The zero-order chi connectivity index (χ0) is 21.4. The Labute approximate surface area is 173 Å². The number of hydrogen-bond donors (Lipinski definition) is 1. The zero-order valence-corrected chi connectivity index (χ0v) is 17.9. The van der Waals surface area contributed by atoms with Crippen molar-refractivity contribution in [3.8, 4) is 6.07 Å². The average molecular weight is 414 g/mol. The molecule has 6 nitrogen and oxygen atoms in total.